The van der Waals surface area contributed by atoms with Crippen LogP contribution in [-0.4, -0.2) is 38.9 Å². The number of hydrogen-bond acceptors (Lipinski definition) is 3. The van der Waals surface area contributed by atoms with E-state index in [1.54, 1.807) is 23.1 Å². The van der Waals surface area contributed by atoms with Gasteiger partial charge in [0.2, 0.25) is 10.0 Å². The Bertz CT molecular complexity index is 750. The van der Waals surface area contributed by atoms with Gasteiger partial charge in [-0.05, 0) is 63.1 Å². The SMILES string of the molecule is CCCN(CCC)C(=O)c1cccc(S(=O)(=O)NCCC2=CCCCC2)c1. The summed E-state index contributed by atoms with van der Waals surface area (Å²) in [6.07, 6.45) is 9.31. The fraction of sp³-hybridized carbons (Fsp3) is 0.571. The van der Waals surface area contributed by atoms with Crippen LogP contribution in [0, 0.1) is 0 Å². The first-order chi connectivity index (χ1) is 13.0. The lowest BCUT2D eigenvalue weighted by molar-refractivity contribution is 0.0755. The van der Waals surface area contributed by atoms with Crippen LogP contribution in [0.5, 0.6) is 0 Å². The Morgan fingerprint density at radius 1 is 1.15 bits per heavy atom. The summed E-state index contributed by atoms with van der Waals surface area (Å²) in [6.45, 7) is 5.81. The Labute approximate surface area is 163 Å². The quantitative estimate of drug-likeness (QED) is 0.609. The smallest absolute Gasteiger partial charge is 0.253 e. The lowest BCUT2D eigenvalue weighted by atomic mass is 9.97. The molecule has 1 aromatic carbocycles. The number of rotatable bonds is 10. The summed E-state index contributed by atoms with van der Waals surface area (Å²) in [6, 6.07) is 6.36. The Morgan fingerprint density at radius 3 is 2.52 bits per heavy atom. The number of sulfonamides is 1. The van der Waals surface area contributed by atoms with Crippen LogP contribution in [0.3, 0.4) is 0 Å². The summed E-state index contributed by atoms with van der Waals surface area (Å²) in [4.78, 5) is 14.7. The van der Waals surface area contributed by atoms with E-state index in [1.807, 2.05) is 13.8 Å². The summed E-state index contributed by atoms with van der Waals surface area (Å²) >= 11 is 0. The van der Waals surface area contributed by atoms with Gasteiger partial charge < -0.3 is 4.90 Å². The first-order valence-corrected chi connectivity index (χ1v) is 11.5. The molecule has 5 nitrogen and oxygen atoms in total. The van der Waals surface area contributed by atoms with Crippen LogP contribution in [-0.2, 0) is 10.0 Å². The second kappa shape index (κ2) is 10.6. The highest BCUT2D eigenvalue weighted by Crippen LogP contribution is 2.20. The molecule has 0 spiro atoms. The molecular formula is C21H32N2O3S. The van der Waals surface area contributed by atoms with E-state index in [2.05, 4.69) is 10.8 Å². The number of allylic oxidation sites excluding steroid dienone is 1. The van der Waals surface area contributed by atoms with Crippen molar-refractivity contribution in [1.29, 1.82) is 0 Å². The number of amides is 1. The van der Waals surface area contributed by atoms with Crippen LogP contribution < -0.4 is 4.72 Å². The van der Waals surface area contributed by atoms with Crippen LogP contribution >= 0.6 is 0 Å². The van der Waals surface area contributed by atoms with Crippen molar-refractivity contribution in [2.24, 2.45) is 0 Å². The molecule has 0 heterocycles. The molecule has 1 amide bonds. The molecule has 2 rings (SSSR count). The average Bonchev–Trinajstić information content (AvgIpc) is 2.68. The first kappa shape index (κ1) is 21.6. The van der Waals surface area contributed by atoms with E-state index in [4.69, 9.17) is 0 Å². The number of nitrogens with zero attached hydrogens (tertiary/aromatic N) is 1. The molecule has 0 saturated carbocycles. The van der Waals surface area contributed by atoms with Gasteiger partial charge in [0.15, 0.2) is 0 Å². The Kier molecular flexibility index (Phi) is 8.51. The zero-order chi connectivity index (χ0) is 19.7. The summed E-state index contributed by atoms with van der Waals surface area (Å²) in [5, 5.41) is 0. The molecule has 0 aliphatic heterocycles. The number of benzene rings is 1. The van der Waals surface area contributed by atoms with Gasteiger partial charge in [-0.1, -0.05) is 31.6 Å². The zero-order valence-corrected chi connectivity index (χ0v) is 17.4. The second-order valence-corrected chi connectivity index (χ2v) is 8.84. The second-order valence-electron chi connectivity index (χ2n) is 7.08. The minimum absolute atomic E-state index is 0.108. The van der Waals surface area contributed by atoms with E-state index in [1.165, 1.54) is 24.5 Å². The van der Waals surface area contributed by atoms with Gasteiger partial charge in [0.25, 0.3) is 5.91 Å². The molecule has 0 fully saturated rings. The molecule has 1 aromatic rings. The molecule has 0 atom stereocenters. The first-order valence-electron chi connectivity index (χ1n) is 10.0. The normalized spacial score (nSPS) is 14.7. The standard InChI is InChI=1S/C21H32N2O3S/c1-3-15-23(16-4-2)21(24)19-11-8-12-20(17-19)27(25,26)22-14-13-18-9-6-5-7-10-18/h8-9,11-12,17,22H,3-7,10,13-16H2,1-2H3. The molecule has 1 aliphatic rings. The maximum Gasteiger partial charge on any atom is 0.253 e. The number of carbonyl (C=O) groups is 1. The van der Waals surface area contributed by atoms with Crippen molar-refractivity contribution in [3.63, 3.8) is 0 Å². The summed E-state index contributed by atoms with van der Waals surface area (Å²) in [5.41, 5.74) is 1.76. The van der Waals surface area contributed by atoms with Gasteiger partial charge in [-0.2, -0.15) is 0 Å². The Hall–Kier alpha value is -1.66. The average molecular weight is 393 g/mol. The molecule has 1 aliphatic carbocycles. The number of carbonyl (C=O) groups excluding carboxylic acids is 1. The fourth-order valence-electron chi connectivity index (χ4n) is 3.39. The van der Waals surface area contributed by atoms with Gasteiger partial charge in [0.05, 0.1) is 4.90 Å². The van der Waals surface area contributed by atoms with Crippen molar-refractivity contribution in [3.8, 4) is 0 Å². The highest BCUT2D eigenvalue weighted by atomic mass is 32.2. The highest BCUT2D eigenvalue weighted by molar-refractivity contribution is 7.89. The van der Waals surface area contributed by atoms with Crippen molar-refractivity contribution in [3.05, 3.63) is 41.5 Å². The third-order valence-electron chi connectivity index (χ3n) is 4.79. The lowest BCUT2D eigenvalue weighted by Gasteiger charge is -2.21. The van der Waals surface area contributed by atoms with Gasteiger partial charge in [0, 0.05) is 25.2 Å². The van der Waals surface area contributed by atoms with E-state index in [0.29, 0.717) is 25.2 Å². The summed E-state index contributed by atoms with van der Waals surface area (Å²) < 4.78 is 27.9. The molecule has 1 N–H and O–H groups in total. The van der Waals surface area contributed by atoms with Crippen molar-refractivity contribution in [2.75, 3.05) is 19.6 Å². The highest BCUT2D eigenvalue weighted by Gasteiger charge is 2.19. The van der Waals surface area contributed by atoms with Gasteiger partial charge in [0.1, 0.15) is 0 Å². The van der Waals surface area contributed by atoms with Crippen molar-refractivity contribution in [2.45, 2.75) is 63.7 Å². The molecule has 6 heteroatoms. The van der Waals surface area contributed by atoms with E-state index in [0.717, 1.165) is 32.1 Å². The Balaban J connectivity index is 2.05. The largest absolute Gasteiger partial charge is 0.339 e. The van der Waals surface area contributed by atoms with Crippen molar-refractivity contribution >= 4 is 15.9 Å². The third-order valence-corrected chi connectivity index (χ3v) is 6.25. The van der Waals surface area contributed by atoms with Crippen LogP contribution in [0.2, 0.25) is 0 Å². The monoisotopic (exact) mass is 392 g/mol. The lowest BCUT2D eigenvalue weighted by Crippen LogP contribution is -2.32. The third kappa shape index (κ3) is 6.47. The van der Waals surface area contributed by atoms with Gasteiger partial charge in [-0.25, -0.2) is 13.1 Å². The molecule has 150 valence electrons. The predicted molar refractivity (Wildman–Crippen MR) is 109 cm³/mol. The summed E-state index contributed by atoms with van der Waals surface area (Å²) in [5.74, 6) is -0.108. The van der Waals surface area contributed by atoms with Gasteiger partial charge in [-0.3, -0.25) is 4.79 Å². The molecule has 0 aromatic heterocycles. The summed E-state index contributed by atoms with van der Waals surface area (Å²) in [7, 11) is -3.62. The number of nitrogens with one attached hydrogen (secondary N) is 1. The molecule has 27 heavy (non-hydrogen) atoms. The fourth-order valence-corrected chi connectivity index (χ4v) is 4.47. The molecule has 0 bridgehead atoms. The minimum atomic E-state index is -3.62. The predicted octanol–water partition coefficient (Wildman–Crippen LogP) is 4.12. The molecule has 0 unspecified atom stereocenters. The van der Waals surface area contributed by atoms with Gasteiger partial charge in [-0.15, -0.1) is 0 Å². The van der Waals surface area contributed by atoms with Crippen molar-refractivity contribution in [1.82, 2.24) is 9.62 Å². The minimum Gasteiger partial charge on any atom is -0.339 e. The topological polar surface area (TPSA) is 66.5 Å². The van der Waals surface area contributed by atoms with E-state index in [9.17, 15) is 13.2 Å². The number of hydrogen-bond donors (Lipinski definition) is 1. The maximum atomic E-state index is 12.7. The van der Waals surface area contributed by atoms with Crippen LogP contribution in [0.25, 0.3) is 0 Å². The van der Waals surface area contributed by atoms with E-state index >= 15 is 0 Å². The van der Waals surface area contributed by atoms with Crippen LogP contribution in [0.1, 0.15) is 69.2 Å². The van der Waals surface area contributed by atoms with Crippen molar-refractivity contribution < 1.29 is 13.2 Å². The van der Waals surface area contributed by atoms with Crippen LogP contribution in [0.4, 0.5) is 0 Å². The van der Waals surface area contributed by atoms with Crippen LogP contribution in [0.15, 0.2) is 40.8 Å². The zero-order valence-electron chi connectivity index (χ0n) is 16.5. The molecular weight excluding hydrogens is 360 g/mol. The molecule has 0 saturated heterocycles. The van der Waals surface area contributed by atoms with E-state index < -0.39 is 10.0 Å². The molecule has 0 radical (unpaired) electrons. The Morgan fingerprint density at radius 2 is 1.89 bits per heavy atom. The van der Waals surface area contributed by atoms with Gasteiger partial charge >= 0.3 is 0 Å². The van der Waals surface area contributed by atoms with E-state index in [-0.39, 0.29) is 10.8 Å². The maximum absolute atomic E-state index is 12.7.